The molecule has 0 radical (unpaired) electrons. The third-order valence-corrected chi connectivity index (χ3v) is 2.83. The van der Waals surface area contributed by atoms with Crippen molar-refractivity contribution in [3.05, 3.63) is 35.4 Å². The van der Waals surface area contributed by atoms with Crippen molar-refractivity contribution in [3.63, 3.8) is 0 Å². The molecule has 3 heteroatoms. The van der Waals surface area contributed by atoms with Gasteiger partial charge in [0.25, 0.3) is 0 Å². The number of nitrogens with one attached hydrogen (secondary N) is 2. The van der Waals surface area contributed by atoms with Gasteiger partial charge in [0.1, 0.15) is 0 Å². The van der Waals surface area contributed by atoms with E-state index in [0.29, 0.717) is 6.54 Å². The quantitative estimate of drug-likeness (QED) is 0.713. The number of hydrogen-bond donors (Lipinski definition) is 2. The molecule has 104 valence electrons. The second-order valence-electron chi connectivity index (χ2n) is 4.53. The van der Waals surface area contributed by atoms with E-state index in [2.05, 4.69) is 48.7 Å². The molecule has 2 amide bonds. The third kappa shape index (κ3) is 5.71. The largest absolute Gasteiger partial charge is 0.338 e. The molecule has 0 saturated carbocycles. The van der Waals surface area contributed by atoms with E-state index in [1.165, 1.54) is 5.56 Å². The fourth-order valence-electron chi connectivity index (χ4n) is 1.74. The van der Waals surface area contributed by atoms with Gasteiger partial charge in [0.05, 0.1) is 0 Å². The molecule has 0 heterocycles. The zero-order valence-corrected chi connectivity index (χ0v) is 11.5. The van der Waals surface area contributed by atoms with Crippen LogP contribution in [-0.2, 0) is 13.0 Å². The fourth-order valence-corrected chi connectivity index (χ4v) is 1.74. The molecular weight excluding hydrogens is 224 g/mol. The number of unbranched alkanes of at least 4 members (excludes halogenated alkanes) is 1. The van der Waals surface area contributed by atoms with Crippen molar-refractivity contribution >= 4 is 6.03 Å². The fraction of sp³-hybridized carbons (Fsp3) is 0.533. The highest BCUT2D eigenvalue weighted by atomic mass is 16.2. The van der Waals surface area contributed by atoms with Gasteiger partial charge >= 0.3 is 6.03 Å². The van der Waals surface area contributed by atoms with Gasteiger partial charge in [-0.1, -0.05) is 51.0 Å². The van der Waals surface area contributed by atoms with E-state index >= 15 is 0 Å². The summed E-state index contributed by atoms with van der Waals surface area (Å²) in [4.78, 5) is 11.4. The standard InChI is InChI=1S/C15H24N2O.2H2/c1-3-5-11-16-15(18)17-12-14-9-7-13(6-4-2)8-10-14;;/h7-10H,3-6,11-12H2,1-2H3,(H2,16,17,18);2*1H. The summed E-state index contributed by atoms with van der Waals surface area (Å²) in [6.07, 6.45) is 4.40. The molecule has 0 aromatic heterocycles. The van der Waals surface area contributed by atoms with Crippen LogP contribution in [0.25, 0.3) is 0 Å². The molecule has 0 aliphatic rings. The van der Waals surface area contributed by atoms with E-state index in [1.54, 1.807) is 0 Å². The van der Waals surface area contributed by atoms with Crippen molar-refractivity contribution in [3.8, 4) is 0 Å². The van der Waals surface area contributed by atoms with E-state index in [9.17, 15) is 4.79 Å². The molecule has 1 aromatic rings. The monoisotopic (exact) mass is 252 g/mol. The van der Waals surface area contributed by atoms with E-state index in [1.807, 2.05) is 0 Å². The first-order valence-corrected chi connectivity index (χ1v) is 6.85. The number of carbonyl (C=O) groups excluding carboxylic acids is 1. The lowest BCUT2D eigenvalue weighted by Crippen LogP contribution is -2.35. The first kappa shape index (κ1) is 14.6. The molecule has 18 heavy (non-hydrogen) atoms. The average Bonchev–Trinajstić information content (AvgIpc) is 2.39. The summed E-state index contributed by atoms with van der Waals surface area (Å²) in [5, 5.41) is 5.69. The van der Waals surface area contributed by atoms with Crippen LogP contribution in [0.1, 0.15) is 47.1 Å². The van der Waals surface area contributed by atoms with E-state index in [-0.39, 0.29) is 8.88 Å². The van der Waals surface area contributed by atoms with E-state index in [0.717, 1.165) is 37.8 Å². The number of benzene rings is 1. The molecule has 0 atom stereocenters. The molecule has 0 fully saturated rings. The predicted molar refractivity (Wildman–Crippen MR) is 79.8 cm³/mol. The minimum atomic E-state index is -0.0823. The SMILES string of the molecule is CCCCNC(=O)NCc1ccc(CCC)cc1.[HH].[HH]. The highest BCUT2D eigenvalue weighted by molar-refractivity contribution is 5.73. The molecule has 3 nitrogen and oxygen atoms in total. The number of hydrogen-bond acceptors (Lipinski definition) is 1. The Hall–Kier alpha value is -1.51. The summed E-state index contributed by atoms with van der Waals surface area (Å²) in [6, 6.07) is 8.35. The zero-order chi connectivity index (χ0) is 13.2. The summed E-state index contributed by atoms with van der Waals surface area (Å²) in [5.41, 5.74) is 2.49. The number of urea groups is 1. The Kier molecular flexibility index (Phi) is 6.92. The molecular formula is C15H28N2O. The lowest BCUT2D eigenvalue weighted by molar-refractivity contribution is 0.240. The first-order chi connectivity index (χ1) is 8.76. The van der Waals surface area contributed by atoms with Crippen LogP contribution in [0.15, 0.2) is 24.3 Å². The number of aryl methyl sites for hydroxylation is 1. The summed E-state index contributed by atoms with van der Waals surface area (Å²) >= 11 is 0. The Bertz CT molecular complexity index is 355. The van der Waals surface area contributed by atoms with Gasteiger partial charge in [0.15, 0.2) is 0 Å². The number of carbonyl (C=O) groups is 1. The Morgan fingerprint density at radius 3 is 2.33 bits per heavy atom. The summed E-state index contributed by atoms with van der Waals surface area (Å²) in [7, 11) is 0. The summed E-state index contributed by atoms with van der Waals surface area (Å²) < 4.78 is 0. The topological polar surface area (TPSA) is 41.1 Å². The molecule has 0 unspecified atom stereocenters. The molecule has 0 bridgehead atoms. The molecule has 2 N–H and O–H groups in total. The highest BCUT2D eigenvalue weighted by Crippen LogP contribution is 2.06. The van der Waals surface area contributed by atoms with Crippen LogP contribution in [-0.4, -0.2) is 12.6 Å². The van der Waals surface area contributed by atoms with E-state index in [4.69, 9.17) is 0 Å². The Morgan fingerprint density at radius 2 is 1.72 bits per heavy atom. The summed E-state index contributed by atoms with van der Waals surface area (Å²) in [5.74, 6) is 0. The van der Waals surface area contributed by atoms with Crippen LogP contribution in [0.4, 0.5) is 4.79 Å². The van der Waals surface area contributed by atoms with Crippen LogP contribution in [0, 0.1) is 0 Å². The van der Waals surface area contributed by atoms with Gasteiger partial charge in [0.2, 0.25) is 0 Å². The lowest BCUT2D eigenvalue weighted by atomic mass is 10.1. The Balaban J connectivity index is 0. The molecule has 0 aliphatic carbocycles. The van der Waals surface area contributed by atoms with Gasteiger partial charge in [-0.25, -0.2) is 4.79 Å². The van der Waals surface area contributed by atoms with Gasteiger partial charge in [-0.05, 0) is 24.0 Å². The van der Waals surface area contributed by atoms with Gasteiger partial charge in [-0.3, -0.25) is 0 Å². The first-order valence-electron chi connectivity index (χ1n) is 6.85. The van der Waals surface area contributed by atoms with Gasteiger partial charge in [-0.2, -0.15) is 0 Å². The minimum absolute atomic E-state index is 0. The second-order valence-corrected chi connectivity index (χ2v) is 4.53. The van der Waals surface area contributed by atoms with Crippen LogP contribution < -0.4 is 10.6 Å². The van der Waals surface area contributed by atoms with Crippen LogP contribution in [0.5, 0.6) is 0 Å². The lowest BCUT2D eigenvalue weighted by Gasteiger charge is -2.07. The molecule has 1 rings (SSSR count). The second kappa shape index (κ2) is 8.56. The number of amides is 2. The van der Waals surface area contributed by atoms with Gasteiger partial charge in [0, 0.05) is 15.9 Å². The molecule has 1 aromatic carbocycles. The highest BCUT2D eigenvalue weighted by Gasteiger charge is 1.99. The molecule has 0 aliphatic heterocycles. The smallest absolute Gasteiger partial charge is 0.315 e. The van der Waals surface area contributed by atoms with Crippen molar-refractivity contribution in [2.45, 2.75) is 46.1 Å². The zero-order valence-electron chi connectivity index (χ0n) is 11.5. The summed E-state index contributed by atoms with van der Waals surface area (Å²) in [6.45, 7) is 5.62. The minimum Gasteiger partial charge on any atom is -0.338 e. The maximum Gasteiger partial charge on any atom is 0.315 e. The Labute approximate surface area is 113 Å². The normalized spacial score (nSPS) is 10.1. The van der Waals surface area contributed by atoms with Crippen molar-refractivity contribution in [2.24, 2.45) is 0 Å². The van der Waals surface area contributed by atoms with Crippen molar-refractivity contribution in [1.82, 2.24) is 10.6 Å². The van der Waals surface area contributed by atoms with Gasteiger partial charge in [-0.15, -0.1) is 0 Å². The van der Waals surface area contributed by atoms with E-state index < -0.39 is 0 Å². The van der Waals surface area contributed by atoms with Crippen molar-refractivity contribution in [1.29, 1.82) is 0 Å². The third-order valence-electron chi connectivity index (χ3n) is 2.83. The van der Waals surface area contributed by atoms with Gasteiger partial charge < -0.3 is 10.6 Å². The van der Waals surface area contributed by atoms with Crippen molar-refractivity contribution < 1.29 is 7.65 Å². The Morgan fingerprint density at radius 1 is 1.06 bits per heavy atom. The van der Waals surface area contributed by atoms with Crippen molar-refractivity contribution in [2.75, 3.05) is 6.54 Å². The average molecular weight is 252 g/mol. The maximum absolute atomic E-state index is 11.4. The predicted octanol–water partition coefficient (Wildman–Crippen LogP) is 3.73. The number of rotatable bonds is 7. The van der Waals surface area contributed by atoms with Crippen LogP contribution >= 0.6 is 0 Å². The van der Waals surface area contributed by atoms with Crippen LogP contribution in [0.3, 0.4) is 0 Å². The molecule has 0 saturated heterocycles. The maximum atomic E-state index is 11.4. The van der Waals surface area contributed by atoms with Crippen LogP contribution in [0.2, 0.25) is 0 Å². The molecule has 0 spiro atoms.